The van der Waals surface area contributed by atoms with E-state index < -0.39 is 11.8 Å². The Hall–Kier alpha value is -1.91. The molecule has 0 aliphatic carbocycles. The van der Waals surface area contributed by atoms with Crippen LogP contribution in [0, 0.1) is 0 Å². The number of rotatable bonds is 4. The van der Waals surface area contributed by atoms with E-state index in [0.717, 1.165) is 0 Å². The summed E-state index contributed by atoms with van der Waals surface area (Å²) in [4.78, 5) is 25.0. The number of nitrogens with zero attached hydrogens (tertiary/aromatic N) is 1. The lowest BCUT2D eigenvalue weighted by Gasteiger charge is -2.03. The molecule has 0 atom stereocenters. The van der Waals surface area contributed by atoms with Gasteiger partial charge in [0.1, 0.15) is 0 Å². The molecule has 0 unspecified atom stereocenters. The smallest absolute Gasteiger partial charge is 0.372 e. The van der Waals surface area contributed by atoms with Crippen molar-refractivity contribution in [2.24, 2.45) is 0 Å². The molecule has 1 heterocycles. The molecule has 1 aromatic heterocycles. The van der Waals surface area contributed by atoms with Crippen LogP contribution < -0.4 is 4.74 Å². The highest BCUT2D eigenvalue weighted by Gasteiger charge is 2.15. The summed E-state index contributed by atoms with van der Waals surface area (Å²) in [5.41, 5.74) is 0.474. The fourth-order valence-electron chi connectivity index (χ4n) is 0.991. The Bertz CT molecular complexity index is 362. The Balaban J connectivity index is 2.85. The molecule has 1 aromatic rings. The Morgan fingerprint density at radius 3 is 2.86 bits per heavy atom. The van der Waals surface area contributed by atoms with Gasteiger partial charge in [0.2, 0.25) is 11.7 Å². The molecule has 74 valence electrons. The standard InChI is InChI=1S/C9H9NO4/c1-14-8-6(3-2-4-10-8)5-7(11)9(12)13/h2-4H,5H2,1H3,(H,12,13). The third-order valence-electron chi connectivity index (χ3n) is 1.63. The first-order valence-electron chi connectivity index (χ1n) is 3.89. The van der Waals surface area contributed by atoms with Crippen molar-refractivity contribution in [2.45, 2.75) is 6.42 Å². The van der Waals surface area contributed by atoms with Crippen molar-refractivity contribution in [1.82, 2.24) is 4.98 Å². The van der Waals surface area contributed by atoms with Crippen molar-refractivity contribution in [3.63, 3.8) is 0 Å². The second kappa shape index (κ2) is 4.36. The number of hydrogen-bond acceptors (Lipinski definition) is 4. The van der Waals surface area contributed by atoms with Gasteiger partial charge in [-0.05, 0) is 6.07 Å². The molecule has 5 nitrogen and oxygen atoms in total. The first-order valence-corrected chi connectivity index (χ1v) is 3.89. The van der Waals surface area contributed by atoms with Crippen molar-refractivity contribution >= 4 is 11.8 Å². The van der Waals surface area contributed by atoms with E-state index in [4.69, 9.17) is 9.84 Å². The highest BCUT2D eigenvalue weighted by Crippen LogP contribution is 2.14. The molecule has 5 heteroatoms. The van der Waals surface area contributed by atoms with Gasteiger partial charge in [-0.3, -0.25) is 4.79 Å². The van der Waals surface area contributed by atoms with Gasteiger partial charge in [-0.2, -0.15) is 0 Å². The lowest BCUT2D eigenvalue weighted by Crippen LogP contribution is -2.15. The Labute approximate surface area is 80.3 Å². The van der Waals surface area contributed by atoms with E-state index >= 15 is 0 Å². The Morgan fingerprint density at radius 2 is 2.29 bits per heavy atom. The van der Waals surface area contributed by atoms with Crippen LogP contribution in [0.25, 0.3) is 0 Å². The molecule has 0 aliphatic rings. The summed E-state index contributed by atoms with van der Waals surface area (Å²) in [7, 11) is 1.41. The average Bonchev–Trinajstić information content (AvgIpc) is 2.18. The molecule has 1 N–H and O–H groups in total. The van der Waals surface area contributed by atoms with Gasteiger partial charge in [0.15, 0.2) is 0 Å². The summed E-state index contributed by atoms with van der Waals surface area (Å²) >= 11 is 0. The average molecular weight is 195 g/mol. The maximum absolute atomic E-state index is 10.9. The van der Waals surface area contributed by atoms with E-state index in [1.807, 2.05) is 0 Å². The number of carbonyl (C=O) groups excluding carboxylic acids is 1. The van der Waals surface area contributed by atoms with Crippen LogP contribution in [0.2, 0.25) is 0 Å². The molecule has 14 heavy (non-hydrogen) atoms. The van der Waals surface area contributed by atoms with E-state index in [-0.39, 0.29) is 12.3 Å². The summed E-state index contributed by atoms with van der Waals surface area (Å²) < 4.78 is 4.87. The van der Waals surface area contributed by atoms with Crippen LogP contribution in [0.15, 0.2) is 18.3 Å². The molecule has 0 fully saturated rings. The number of carboxylic acid groups (broad SMARTS) is 1. The van der Waals surface area contributed by atoms with Gasteiger partial charge < -0.3 is 9.84 Å². The molecule has 0 spiro atoms. The van der Waals surface area contributed by atoms with Gasteiger partial charge >= 0.3 is 5.97 Å². The zero-order valence-electron chi connectivity index (χ0n) is 7.56. The lowest BCUT2D eigenvalue weighted by atomic mass is 10.1. The number of aliphatic carboxylic acids is 1. The maximum atomic E-state index is 10.9. The summed E-state index contributed by atoms with van der Waals surface area (Å²) in [5, 5.41) is 8.40. The zero-order valence-corrected chi connectivity index (χ0v) is 7.56. The predicted octanol–water partition coefficient (Wildman–Crippen LogP) is 0.286. The van der Waals surface area contributed by atoms with Crippen molar-refractivity contribution in [3.05, 3.63) is 23.9 Å². The van der Waals surface area contributed by atoms with Crippen molar-refractivity contribution in [3.8, 4) is 5.88 Å². The quantitative estimate of drug-likeness (QED) is 0.698. The topological polar surface area (TPSA) is 76.5 Å². The van der Waals surface area contributed by atoms with Gasteiger partial charge in [-0.25, -0.2) is 9.78 Å². The van der Waals surface area contributed by atoms with Crippen LogP contribution in [0.5, 0.6) is 5.88 Å². The predicted molar refractivity (Wildman–Crippen MR) is 47.1 cm³/mol. The van der Waals surface area contributed by atoms with Crippen molar-refractivity contribution in [2.75, 3.05) is 7.11 Å². The van der Waals surface area contributed by atoms with Crippen molar-refractivity contribution < 1.29 is 19.4 Å². The molecule has 0 amide bonds. The molecular weight excluding hydrogens is 186 g/mol. The van der Waals surface area contributed by atoms with E-state index in [1.54, 1.807) is 12.1 Å². The van der Waals surface area contributed by atoms with Gasteiger partial charge in [-0.15, -0.1) is 0 Å². The molecule has 0 aromatic carbocycles. The maximum Gasteiger partial charge on any atom is 0.372 e. The lowest BCUT2D eigenvalue weighted by molar-refractivity contribution is -0.148. The van der Waals surface area contributed by atoms with E-state index in [9.17, 15) is 9.59 Å². The first kappa shape index (κ1) is 10.2. The molecule has 0 radical (unpaired) electrons. The van der Waals surface area contributed by atoms with Crippen LogP contribution in [-0.2, 0) is 16.0 Å². The van der Waals surface area contributed by atoms with Gasteiger partial charge in [-0.1, -0.05) is 6.07 Å². The largest absolute Gasteiger partial charge is 0.481 e. The minimum atomic E-state index is -1.45. The normalized spacial score (nSPS) is 9.50. The number of ketones is 1. The number of pyridine rings is 1. The summed E-state index contributed by atoms with van der Waals surface area (Å²) in [6.45, 7) is 0. The van der Waals surface area contributed by atoms with E-state index in [1.165, 1.54) is 13.3 Å². The summed E-state index contributed by atoms with van der Waals surface area (Å²) in [6, 6.07) is 3.22. The van der Waals surface area contributed by atoms with Crippen LogP contribution in [0.4, 0.5) is 0 Å². The fourth-order valence-corrected chi connectivity index (χ4v) is 0.991. The molecule has 0 bridgehead atoms. The number of carboxylic acids is 1. The third-order valence-corrected chi connectivity index (χ3v) is 1.63. The number of carbonyl (C=O) groups is 2. The molecule has 0 saturated carbocycles. The van der Waals surface area contributed by atoms with Gasteiger partial charge in [0, 0.05) is 18.2 Å². The molecule has 0 aliphatic heterocycles. The second-order valence-corrected chi connectivity index (χ2v) is 2.58. The second-order valence-electron chi connectivity index (χ2n) is 2.58. The SMILES string of the molecule is COc1ncccc1CC(=O)C(=O)O. The number of aromatic nitrogens is 1. The van der Waals surface area contributed by atoms with Gasteiger partial charge in [0.25, 0.3) is 0 Å². The Kier molecular flexibility index (Phi) is 3.17. The minimum Gasteiger partial charge on any atom is -0.481 e. The number of methoxy groups -OCH3 is 1. The number of ether oxygens (including phenoxy) is 1. The van der Waals surface area contributed by atoms with Crippen LogP contribution in [-0.4, -0.2) is 29.0 Å². The van der Waals surface area contributed by atoms with Crippen molar-refractivity contribution in [1.29, 1.82) is 0 Å². The third kappa shape index (κ3) is 2.29. The zero-order chi connectivity index (χ0) is 10.6. The monoisotopic (exact) mass is 195 g/mol. The van der Waals surface area contributed by atoms with E-state index in [0.29, 0.717) is 5.56 Å². The highest BCUT2D eigenvalue weighted by molar-refractivity contribution is 6.33. The van der Waals surface area contributed by atoms with Crippen LogP contribution in [0.3, 0.4) is 0 Å². The number of Topliss-reactive ketones (excluding diaryl/α,β-unsaturated/α-hetero) is 1. The van der Waals surface area contributed by atoms with Crippen LogP contribution in [0.1, 0.15) is 5.56 Å². The first-order chi connectivity index (χ1) is 6.65. The fraction of sp³-hybridized carbons (Fsp3) is 0.222. The molecule has 0 saturated heterocycles. The Morgan fingerprint density at radius 1 is 1.57 bits per heavy atom. The van der Waals surface area contributed by atoms with Gasteiger partial charge in [0.05, 0.1) is 7.11 Å². The highest BCUT2D eigenvalue weighted by atomic mass is 16.5. The minimum absolute atomic E-state index is 0.202. The molecule has 1 rings (SSSR count). The molecular formula is C9H9NO4. The summed E-state index contributed by atoms with van der Waals surface area (Å²) in [5.74, 6) is -2.05. The summed E-state index contributed by atoms with van der Waals surface area (Å²) in [6.07, 6.45) is 1.31. The van der Waals surface area contributed by atoms with E-state index in [2.05, 4.69) is 4.98 Å². The number of hydrogen-bond donors (Lipinski definition) is 1. The van der Waals surface area contributed by atoms with Crippen LogP contribution >= 0.6 is 0 Å².